The van der Waals surface area contributed by atoms with E-state index in [1.807, 2.05) is 6.92 Å². The molecule has 0 fully saturated rings. The van der Waals surface area contributed by atoms with Gasteiger partial charge >= 0.3 is 17.7 Å². The van der Waals surface area contributed by atoms with Crippen molar-refractivity contribution in [2.75, 3.05) is 0 Å². The molecule has 158 valence electrons. The van der Waals surface area contributed by atoms with E-state index in [9.17, 15) is 14.4 Å². The van der Waals surface area contributed by atoms with Crippen LogP contribution in [0.2, 0.25) is 0 Å². The summed E-state index contributed by atoms with van der Waals surface area (Å²) < 4.78 is 16.2. The molecule has 2 aromatic rings. The van der Waals surface area contributed by atoms with Crippen LogP contribution in [0.5, 0.6) is 5.75 Å². The fourth-order valence-electron chi connectivity index (χ4n) is 2.84. The zero-order chi connectivity index (χ0) is 22.1. The molecule has 0 aliphatic heterocycles. The van der Waals surface area contributed by atoms with E-state index in [1.165, 1.54) is 0 Å². The molecule has 0 unspecified atom stereocenters. The summed E-state index contributed by atoms with van der Waals surface area (Å²) >= 11 is 0. The van der Waals surface area contributed by atoms with Gasteiger partial charge in [-0.25, -0.2) is 14.4 Å². The van der Waals surface area contributed by atoms with Crippen LogP contribution >= 0.6 is 0 Å². The van der Waals surface area contributed by atoms with Crippen LogP contribution < -0.4 is 15.7 Å². The van der Waals surface area contributed by atoms with E-state index in [2.05, 4.69) is 5.32 Å². The van der Waals surface area contributed by atoms with Gasteiger partial charge in [0.2, 0.25) is 0 Å². The number of amides is 1. The first-order valence-corrected chi connectivity index (χ1v) is 9.56. The van der Waals surface area contributed by atoms with E-state index in [1.54, 1.807) is 60.6 Å². The third-order valence-corrected chi connectivity index (χ3v) is 4.63. The van der Waals surface area contributed by atoms with Gasteiger partial charge in [-0.15, -0.1) is 0 Å². The summed E-state index contributed by atoms with van der Waals surface area (Å²) in [5, 5.41) is 3.35. The normalized spacial score (nSPS) is 12.7. The maximum absolute atomic E-state index is 12.7. The first kappa shape index (κ1) is 22.5. The van der Waals surface area contributed by atoms with Gasteiger partial charge in [0.05, 0.1) is 0 Å². The molecule has 1 aromatic carbocycles. The number of carbonyl (C=O) groups is 2. The van der Waals surface area contributed by atoms with Crippen molar-refractivity contribution in [3.8, 4) is 5.75 Å². The quantitative estimate of drug-likeness (QED) is 0.468. The van der Waals surface area contributed by atoms with Crippen molar-refractivity contribution >= 4 is 23.0 Å². The second kappa shape index (κ2) is 8.27. The Kier molecular flexibility index (Phi) is 6.40. The van der Waals surface area contributed by atoms with Crippen LogP contribution in [0.4, 0.5) is 4.79 Å². The summed E-state index contributed by atoms with van der Waals surface area (Å²) in [7, 11) is 0. The third kappa shape index (κ3) is 5.16. The number of esters is 1. The molecule has 7 nitrogen and oxygen atoms in total. The molecule has 0 bridgehead atoms. The lowest BCUT2D eigenvalue weighted by Gasteiger charge is -2.24. The van der Waals surface area contributed by atoms with E-state index >= 15 is 0 Å². The number of nitrogens with one attached hydrogen (secondary N) is 1. The molecule has 0 saturated carbocycles. The molecule has 0 radical (unpaired) electrons. The van der Waals surface area contributed by atoms with Crippen molar-refractivity contribution in [3.05, 3.63) is 39.2 Å². The van der Waals surface area contributed by atoms with Crippen molar-refractivity contribution in [2.24, 2.45) is 5.92 Å². The van der Waals surface area contributed by atoms with E-state index in [-0.39, 0.29) is 11.7 Å². The molecule has 1 heterocycles. The van der Waals surface area contributed by atoms with Gasteiger partial charge in [0.1, 0.15) is 23.0 Å². The van der Waals surface area contributed by atoms with Gasteiger partial charge in [-0.1, -0.05) is 13.8 Å². The molecule has 1 N–H and O–H groups in total. The number of carbonyl (C=O) groups excluding carboxylic acids is 2. The molecular weight excluding hydrogens is 374 g/mol. The topological polar surface area (TPSA) is 94.8 Å². The average Bonchev–Trinajstić information content (AvgIpc) is 2.58. The minimum Gasteiger partial charge on any atom is -0.444 e. The molecule has 0 saturated heterocycles. The minimum atomic E-state index is -0.897. The summed E-state index contributed by atoms with van der Waals surface area (Å²) in [5.41, 5.74) is 1.18. The molecule has 1 atom stereocenters. The zero-order valence-electron chi connectivity index (χ0n) is 18.3. The van der Waals surface area contributed by atoms with Gasteiger partial charge in [-0.3, -0.25) is 0 Å². The van der Waals surface area contributed by atoms with E-state index < -0.39 is 29.3 Å². The second-order valence-electron chi connectivity index (χ2n) is 8.49. The Bertz CT molecular complexity index is 997. The lowest BCUT2D eigenvalue weighted by Crippen LogP contribution is -2.48. The molecule has 1 amide bonds. The van der Waals surface area contributed by atoms with Crippen molar-refractivity contribution in [1.82, 2.24) is 5.32 Å². The molecular formula is C22H29NO6. The Morgan fingerprint density at radius 3 is 2.21 bits per heavy atom. The maximum atomic E-state index is 12.7. The fraction of sp³-hybridized carbons (Fsp3) is 0.500. The zero-order valence-corrected chi connectivity index (χ0v) is 18.3. The highest BCUT2D eigenvalue weighted by molar-refractivity contribution is 5.88. The van der Waals surface area contributed by atoms with Gasteiger partial charge in [-0.2, -0.15) is 0 Å². The lowest BCUT2D eigenvalue weighted by atomic mass is 10.0. The Morgan fingerprint density at radius 1 is 1.03 bits per heavy atom. The van der Waals surface area contributed by atoms with Crippen LogP contribution in [0.1, 0.15) is 51.3 Å². The van der Waals surface area contributed by atoms with Gasteiger partial charge in [0, 0.05) is 16.5 Å². The van der Waals surface area contributed by atoms with Crippen molar-refractivity contribution in [3.63, 3.8) is 0 Å². The summed E-state index contributed by atoms with van der Waals surface area (Å²) in [6.45, 7) is 14.1. The predicted octanol–water partition coefficient (Wildman–Crippen LogP) is 4.17. The second-order valence-corrected chi connectivity index (χ2v) is 8.49. The third-order valence-electron chi connectivity index (χ3n) is 4.63. The Hall–Kier alpha value is -2.83. The van der Waals surface area contributed by atoms with Gasteiger partial charge < -0.3 is 19.2 Å². The van der Waals surface area contributed by atoms with Crippen molar-refractivity contribution in [2.45, 2.75) is 67.0 Å². The standard InChI is InChI=1S/C22H29NO6/c1-11(2)17(23-21(26)29-22(6,7)8)20(25)27-16-10-9-15-12(3)13(4)19(24)28-18(15)14(16)5/h9-11,17H,1-8H3,(H,23,26)/t17-/m0/s1. The maximum Gasteiger partial charge on any atom is 0.408 e. The van der Waals surface area contributed by atoms with Crippen LogP contribution in [-0.4, -0.2) is 23.7 Å². The Labute approximate surface area is 170 Å². The number of fused-ring (bicyclic) bond motifs is 1. The number of rotatable bonds is 4. The monoisotopic (exact) mass is 403 g/mol. The van der Waals surface area contributed by atoms with Crippen LogP contribution in [0.3, 0.4) is 0 Å². The summed E-state index contributed by atoms with van der Waals surface area (Å²) in [6, 6.07) is 2.51. The summed E-state index contributed by atoms with van der Waals surface area (Å²) in [6.07, 6.45) is -0.694. The van der Waals surface area contributed by atoms with Crippen LogP contribution in [0.25, 0.3) is 11.0 Å². The van der Waals surface area contributed by atoms with Gasteiger partial charge in [0.25, 0.3) is 0 Å². The molecule has 29 heavy (non-hydrogen) atoms. The molecule has 7 heteroatoms. The average molecular weight is 403 g/mol. The molecule has 0 aliphatic rings. The lowest BCUT2D eigenvalue weighted by molar-refractivity contribution is -0.138. The highest BCUT2D eigenvalue weighted by Gasteiger charge is 2.29. The van der Waals surface area contributed by atoms with Crippen LogP contribution in [0, 0.1) is 26.7 Å². The Balaban J connectivity index is 2.31. The minimum absolute atomic E-state index is 0.224. The molecule has 0 spiro atoms. The molecule has 2 rings (SSSR count). The SMILES string of the molecule is Cc1c(C)c2ccc(OC(=O)[C@@H](NC(=O)OC(C)(C)C)C(C)C)c(C)c2oc1=O. The Morgan fingerprint density at radius 2 is 1.66 bits per heavy atom. The summed E-state index contributed by atoms with van der Waals surface area (Å²) in [4.78, 5) is 36.9. The smallest absolute Gasteiger partial charge is 0.408 e. The van der Waals surface area contributed by atoms with Crippen molar-refractivity contribution in [1.29, 1.82) is 0 Å². The highest BCUT2D eigenvalue weighted by Crippen LogP contribution is 2.29. The van der Waals surface area contributed by atoms with Gasteiger partial charge in [0.15, 0.2) is 0 Å². The first-order valence-electron chi connectivity index (χ1n) is 9.56. The number of aryl methyl sites for hydroxylation is 2. The predicted molar refractivity (Wildman–Crippen MR) is 110 cm³/mol. The number of benzene rings is 1. The molecule has 1 aromatic heterocycles. The van der Waals surface area contributed by atoms with Crippen molar-refractivity contribution < 1.29 is 23.5 Å². The number of alkyl carbamates (subject to hydrolysis) is 1. The van der Waals surface area contributed by atoms with E-state index in [0.717, 1.165) is 10.9 Å². The number of hydrogen-bond acceptors (Lipinski definition) is 6. The van der Waals surface area contributed by atoms with Crippen LogP contribution in [-0.2, 0) is 9.53 Å². The highest BCUT2D eigenvalue weighted by atomic mass is 16.6. The van der Waals surface area contributed by atoms with E-state index in [0.29, 0.717) is 16.7 Å². The largest absolute Gasteiger partial charge is 0.444 e. The van der Waals surface area contributed by atoms with Gasteiger partial charge in [-0.05, 0) is 65.2 Å². The number of ether oxygens (including phenoxy) is 2. The fourth-order valence-corrected chi connectivity index (χ4v) is 2.84. The van der Waals surface area contributed by atoms with Crippen LogP contribution in [0.15, 0.2) is 21.3 Å². The number of hydrogen-bond donors (Lipinski definition) is 1. The summed E-state index contributed by atoms with van der Waals surface area (Å²) in [5.74, 6) is -0.580. The first-order chi connectivity index (χ1) is 13.3. The van der Waals surface area contributed by atoms with E-state index in [4.69, 9.17) is 13.9 Å². The molecule has 0 aliphatic carbocycles.